The van der Waals surface area contributed by atoms with E-state index in [-0.39, 0.29) is 5.56 Å². The number of rotatable bonds is 5. The van der Waals surface area contributed by atoms with Crippen molar-refractivity contribution in [1.29, 1.82) is 0 Å². The predicted octanol–water partition coefficient (Wildman–Crippen LogP) is 4.17. The smallest absolute Gasteiger partial charge is 0.291 e. The van der Waals surface area contributed by atoms with E-state index in [1.54, 1.807) is 7.11 Å². The molecule has 0 amide bonds. The number of ether oxygens (including phenoxy) is 2. The van der Waals surface area contributed by atoms with Crippen molar-refractivity contribution in [2.45, 2.75) is 0 Å². The van der Waals surface area contributed by atoms with E-state index < -0.39 is 0 Å². The molecule has 2 aromatic heterocycles. The van der Waals surface area contributed by atoms with Crippen LogP contribution < -0.4 is 19.6 Å². The largest absolute Gasteiger partial charge is 0.496 e. The molecule has 2 heterocycles. The van der Waals surface area contributed by atoms with Crippen molar-refractivity contribution >= 4 is 22.4 Å². The van der Waals surface area contributed by atoms with E-state index in [1.807, 2.05) is 84.9 Å². The molecule has 0 fully saturated rings. The maximum atomic E-state index is 12.9. The lowest BCUT2D eigenvalue weighted by molar-refractivity contribution is 0.416. The number of methoxy groups -OCH3 is 1. The normalized spacial score (nSPS) is 11.7. The number of benzene rings is 3. The van der Waals surface area contributed by atoms with Gasteiger partial charge in [-0.15, -0.1) is 5.10 Å². The van der Waals surface area contributed by atoms with Gasteiger partial charge in [0.15, 0.2) is 5.82 Å². The van der Waals surface area contributed by atoms with Gasteiger partial charge in [0.25, 0.3) is 5.56 Å². The Morgan fingerprint density at radius 2 is 1.71 bits per heavy atom. The molecule has 3 aromatic carbocycles. The maximum Gasteiger partial charge on any atom is 0.291 e. The molecule has 0 bridgehead atoms. The Morgan fingerprint density at radius 1 is 0.935 bits per heavy atom. The average molecular weight is 427 g/mol. The molecule has 0 saturated carbocycles. The molecule has 0 aliphatic carbocycles. The lowest BCUT2D eigenvalue weighted by Crippen LogP contribution is -2.23. The van der Waals surface area contributed by atoms with Crippen LogP contribution in [-0.4, -0.2) is 21.7 Å². The highest BCUT2D eigenvalue weighted by Gasteiger charge is 2.14. The Kier molecular flexibility index (Phi) is 4.93. The van der Waals surface area contributed by atoms with E-state index in [1.165, 1.54) is 15.9 Å². The fourth-order valence-corrected chi connectivity index (χ4v) is 4.13. The Labute approximate surface area is 181 Å². The van der Waals surface area contributed by atoms with Gasteiger partial charge in [0, 0.05) is 0 Å². The van der Waals surface area contributed by atoms with Crippen molar-refractivity contribution in [1.82, 2.24) is 14.6 Å². The summed E-state index contributed by atoms with van der Waals surface area (Å²) in [6.07, 6.45) is 1.82. The van der Waals surface area contributed by atoms with Crippen molar-refractivity contribution < 1.29 is 9.47 Å². The lowest BCUT2D eigenvalue weighted by Gasteiger charge is -2.05. The SMILES string of the molecule is COc1ccccc1-c1nc2s/c(=C\c3cccc(Oc4ccccc4)c3)c(=O)n2n1. The summed E-state index contributed by atoms with van der Waals surface area (Å²) in [4.78, 5) is 18.0. The van der Waals surface area contributed by atoms with Gasteiger partial charge in [-0.3, -0.25) is 4.79 Å². The van der Waals surface area contributed by atoms with Crippen molar-refractivity contribution in [3.05, 3.63) is 99.3 Å². The van der Waals surface area contributed by atoms with Gasteiger partial charge in [-0.05, 0) is 48.0 Å². The van der Waals surface area contributed by atoms with Gasteiger partial charge in [-0.2, -0.15) is 9.50 Å². The topological polar surface area (TPSA) is 65.7 Å². The zero-order valence-corrected chi connectivity index (χ0v) is 17.4. The molecule has 0 radical (unpaired) electrons. The van der Waals surface area contributed by atoms with Crippen LogP contribution in [0.5, 0.6) is 17.2 Å². The highest BCUT2D eigenvalue weighted by atomic mass is 32.1. The zero-order valence-electron chi connectivity index (χ0n) is 16.6. The van der Waals surface area contributed by atoms with Gasteiger partial charge in [0.1, 0.15) is 17.2 Å². The second-order valence-electron chi connectivity index (χ2n) is 6.73. The molecule has 0 N–H and O–H groups in total. The van der Waals surface area contributed by atoms with Crippen molar-refractivity contribution in [3.8, 4) is 28.6 Å². The van der Waals surface area contributed by atoms with E-state index in [9.17, 15) is 4.79 Å². The summed E-state index contributed by atoms with van der Waals surface area (Å²) in [6.45, 7) is 0. The van der Waals surface area contributed by atoms with Crippen LogP contribution in [0.2, 0.25) is 0 Å². The Bertz CT molecular complexity index is 1480. The van der Waals surface area contributed by atoms with E-state index in [2.05, 4.69) is 10.1 Å². The van der Waals surface area contributed by atoms with Crippen LogP contribution >= 0.6 is 11.3 Å². The molecule has 31 heavy (non-hydrogen) atoms. The number of hydrogen-bond donors (Lipinski definition) is 0. The van der Waals surface area contributed by atoms with Crippen LogP contribution in [0.1, 0.15) is 5.56 Å². The number of aromatic nitrogens is 3. The summed E-state index contributed by atoms with van der Waals surface area (Å²) in [7, 11) is 1.60. The van der Waals surface area contributed by atoms with Gasteiger partial charge < -0.3 is 9.47 Å². The van der Waals surface area contributed by atoms with Crippen LogP contribution in [0.25, 0.3) is 22.4 Å². The summed E-state index contributed by atoms with van der Waals surface area (Å²) >= 11 is 1.30. The van der Waals surface area contributed by atoms with Crippen LogP contribution in [0.3, 0.4) is 0 Å². The van der Waals surface area contributed by atoms with Crippen LogP contribution in [0.4, 0.5) is 0 Å². The first kappa shape index (κ1) is 19.0. The summed E-state index contributed by atoms with van der Waals surface area (Å²) < 4.78 is 13.1. The van der Waals surface area contributed by atoms with Crippen LogP contribution in [-0.2, 0) is 0 Å². The zero-order chi connectivity index (χ0) is 21.2. The first-order valence-corrected chi connectivity index (χ1v) is 10.4. The Hall–Kier alpha value is -3.97. The molecule has 6 nitrogen and oxygen atoms in total. The number of thiazole rings is 1. The van der Waals surface area contributed by atoms with Crippen LogP contribution in [0, 0.1) is 0 Å². The molecule has 0 unspecified atom stereocenters. The third-order valence-corrected chi connectivity index (χ3v) is 5.62. The summed E-state index contributed by atoms with van der Waals surface area (Å²) in [5.74, 6) is 2.58. The second-order valence-corrected chi connectivity index (χ2v) is 7.74. The molecule has 0 atom stereocenters. The van der Waals surface area contributed by atoms with Gasteiger partial charge >= 0.3 is 0 Å². The Balaban J connectivity index is 1.50. The monoisotopic (exact) mass is 427 g/mol. The predicted molar refractivity (Wildman–Crippen MR) is 121 cm³/mol. The summed E-state index contributed by atoms with van der Waals surface area (Å²) in [6, 6.07) is 24.6. The van der Waals surface area contributed by atoms with Crippen molar-refractivity contribution in [3.63, 3.8) is 0 Å². The van der Waals surface area contributed by atoms with Crippen molar-refractivity contribution in [2.75, 3.05) is 7.11 Å². The van der Waals surface area contributed by atoms with E-state index in [4.69, 9.17) is 9.47 Å². The van der Waals surface area contributed by atoms with Gasteiger partial charge in [-0.25, -0.2) is 0 Å². The molecule has 152 valence electrons. The average Bonchev–Trinajstić information content (AvgIpc) is 3.34. The maximum absolute atomic E-state index is 12.9. The quantitative estimate of drug-likeness (QED) is 0.421. The molecule has 0 saturated heterocycles. The van der Waals surface area contributed by atoms with Crippen molar-refractivity contribution in [2.24, 2.45) is 0 Å². The van der Waals surface area contributed by atoms with E-state index in [0.29, 0.717) is 26.8 Å². The highest BCUT2D eigenvalue weighted by molar-refractivity contribution is 7.15. The van der Waals surface area contributed by atoms with Crippen LogP contribution in [0.15, 0.2) is 83.7 Å². The number of para-hydroxylation sites is 2. The number of fused-ring (bicyclic) bond motifs is 1. The fraction of sp³-hybridized carbons (Fsp3) is 0.0417. The third kappa shape index (κ3) is 3.78. The molecular formula is C24H17N3O3S. The standard InChI is InChI=1S/C24H17N3O3S/c1-29-20-13-6-5-12-19(20)22-25-24-27(26-22)23(28)21(31-24)15-16-8-7-11-18(14-16)30-17-9-3-2-4-10-17/h2-15H,1H3/b21-15-. The van der Waals surface area contributed by atoms with Gasteiger partial charge in [-0.1, -0.05) is 53.8 Å². The summed E-state index contributed by atoms with van der Waals surface area (Å²) in [5, 5.41) is 4.41. The van der Waals surface area contributed by atoms with E-state index in [0.717, 1.165) is 16.9 Å². The molecule has 5 aromatic rings. The minimum atomic E-state index is -0.206. The second kappa shape index (κ2) is 8.04. The Morgan fingerprint density at radius 3 is 2.52 bits per heavy atom. The summed E-state index contributed by atoms with van der Waals surface area (Å²) in [5.41, 5.74) is 1.40. The highest BCUT2D eigenvalue weighted by Crippen LogP contribution is 2.27. The molecule has 0 aliphatic rings. The minimum absolute atomic E-state index is 0.206. The fourth-order valence-electron chi connectivity index (χ4n) is 3.22. The third-order valence-electron chi connectivity index (χ3n) is 4.66. The molecule has 7 heteroatoms. The van der Waals surface area contributed by atoms with E-state index >= 15 is 0 Å². The molecule has 0 aliphatic heterocycles. The number of hydrogen-bond acceptors (Lipinski definition) is 6. The molecular weight excluding hydrogens is 410 g/mol. The van der Waals surface area contributed by atoms with Gasteiger partial charge in [0.05, 0.1) is 17.2 Å². The van der Waals surface area contributed by atoms with Gasteiger partial charge in [0.2, 0.25) is 4.96 Å². The number of nitrogens with zero attached hydrogens (tertiary/aromatic N) is 3. The first-order chi connectivity index (χ1) is 15.2. The minimum Gasteiger partial charge on any atom is -0.496 e. The first-order valence-electron chi connectivity index (χ1n) is 9.59. The lowest BCUT2D eigenvalue weighted by atomic mass is 10.2. The molecule has 5 rings (SSSR count). The molecule has 0 spiro atoms.